The van der Waals surface area contributed by atoms with Gasteiger partial charge in [-0.25, -0.2) is 4.98 Å². The molecular formula is C16H14BrN3O. The van der Waals surface area contributed by atoms with E-state index in [2.05, 4.69) is 31.2 Å². The molecule has 0 aliphatic rings. The maximum Gasteiger partial charge on any atom is 0.224 e. The van der Waals surface area contributed by atoms with Gasteiger partial charge in [-0.1, -0.05) is 40.2 Å². The Morgan fingerprint density at radius 1 is 1.14 bits per heavy atom. The number of carbonyl (C=O) groups is 1. The first kappa shape index (κ1) is 13.8. The Labute approximate surface area is 130 Å². The molecule has 0 fully saturated rings. The summed E-state index contributed by atoms with van der Waals surface area (Å²) in [5.74, 6) is 0.748. The molecule has 2 aromatic carbocycles. The molecule has 106 valence electrons. The van der Waals surface area contributed by atoms with Crippen LogP contribution in [0.5, 0.6) is 0 Å². The van der Waals surface area contributed by atoms with E-state index in [1.165, 1.54) is 0 Å². The van der Waals surface area contributed by atoms with Gasteiger partial charge in [-0.05, 0) is 29.8 Å². The molecule has 2 N–H and O–H groups in total. The fourth-order valence-corrected chi connectivity index (χ4v) is 2.39. The van der Waals surface area contributed by atoms with Gasteiger partial charge < -0.3 is 10.3 Å². The summed E-state index contributed by atoms with van der Waals surface area (Å²) >= 11 is 3.38. The van der Waals surface area contributed by atoms with E-state index in [1.54, 1.807) is 0 Å². The first-order valence-corrected chi connectivity index (χ1v) is 7.45. The Kier molecular flexibility index (Phi) is 4.01. The summed E-state index contributed by atoms with van der Waals surface area (Å²) in [4.78, 5) is 19.5. The van der Waals surface area contributed by atoms with E-state index in [0.717, 1.165) is 26.9 Å². The van der Waals surface area contributed by atoms with Gasteiger partial charge in [0.05, 0.1) is 24.0 Å². The lowest BCUT2D eigenvalue weighted by Crippen LogP contribution is -2.25. The molecular weight excluding hydrogens is 330 g/mol. The van der Waals surface area contributed by atoms with Crippen molar-refractivity contribution in [2.24, 2.45) is 0 Å². The molecule has 0 bridgehead atoms. The molecule has 1 heterocycles. The molecule has 0 radical (unpaired) electrons. The number of nitrogens with one attached hydrogen (secondary N) is 2. The number of imidazole rings is 1. The van der Waals surface area contributed by atoms with Crippen LogP contribution in [0.25, 0.3) is 11.0 Å². The third-order valence-electron chi connectivity index (χ3n) is 3.17. The predicted molar refractivity (Wildman–Crippen MR) is 85.8 cm³/mol. The van der Waals surface area contributed by atoms with Crippen molar-refractivity contribution in [3.8, 4) is 0 Å². The number of carbonyl (C=O) groups excluding carboxylic acids is 1. The minimum Gasteiger partial charge on any atom is -0.349 e. The number of rotatable bonds is 4. The summed E-state index contributed by atoms with van der Waals surface area (Å²) in [5.41, 5.74) is 2.88. The van der Waals surface area contributed by atoms with Crippen LogP contribution in [0.3, 0.4) is 0 Å². The van der Waals surface area contributed by atoms with E-state index in [9.17, 15) is 4.79 Å². The molecule has 1 aromatic heterocycles. The van der Waals surface area contributed by atoms with Crippen molar-refractivity contribution in [1.29, 1.82) is 0 Å². The zero-order valence-corrected chi connectivity index (χ0v) is 12.9. The van der Waals surface area contributed by atoms with Crippen LogP contribution in [-0.2, 0) is 17.8 Å². The monoisotopic (exact) mass is 343 g/mol. The molecule has 5 heteroatoms. The minimum atomic E-state index is -0.0159. The zero-order chi connectivity index (χ0) is 14.7. The predicted octanol–water partition coefficient (Wildman–Crippen LogP) is 3.18. The number of amides is 1. The van der Waals surface area contributed by atoms with Crippen LogP contribution >= 0.6 is 15.9 Å². The summed E-state index contributed by atoms with van der Waals surface area (Å²) in [7, 11) is 0. The summed E-state index contributed by atoms with van der Waals surface area (Å²) < 4.78 is 1.01. The van der Waals surface area contributed by atoms with Gasteiger partial charge in [-0.3, -0.25) is 4.79 Å². The maximum absolute atomic E-state index is 11.9. The van der Waals surface area contributed by atoms with Gasteiger partial charge in [0, 0.05) is 4.47 Å². The van der Waals surface area contributed by atoms with E-state index in [1.807, 2.05) is 48.5 Å². The molecule has 0 unspecified atom stereocenters. The molecule has 0 saturated heterocycles. The van der Waals surface area contributed by atoms with Crippen molar-refractivity contribution in [1.82, 2.24) is 15.3 Å². The van der Waals surface area contributed by atoms with Crippen LogP contribution in [0.4, 0.5) is 0 Å². The van der Waals surface area contributed by atoms with Crippen molar-refractivity contribution >= 4 is 32.9 Å². The molecule has 0 spiro atoms. The van der Waals surface area contributed by atoms with E-state index in [-0.39, 0.29) is 5.91 Å². The zero-order valence-electron chi connectivity index (χ0n) is 11.3. The third-order valence-corrected chi connectivity index (χ3v) is 3.70. The standard InChI is InChI=1S/C16H14BrN3O/c17-12-7-5-11(6-8-12)9-16(21)18-10-15-19-13-3-1-2-4-14(13)20-15/h1-8H,9-10H2,(H,18,21)(H,19,20). The Bertz CT molecular complexity index is 732. The fourth-order valence-electron chi connectivity index (χ4n) is 2.12. The van der Waals surface area contributed by atoms with E-state index >= 15 is 0 Å². The molecule has 0 atom stereocenters. The van der Waals surface area contributed by atoms with Crippen molar-refractivity contribution in [2.75, 3.05) is 0 Å². The highest BCUT2D eigenvalue weighted by Crippen LogP contribution is 2.11. The summed E-state index contributed by atoms with van der Waals surface area (Å²) in [6.07, 6.45) is 0.369. The number of halogens is 1. The molecule has 1 amide bonds. The van der Waals surface area contributed by atoms with Crippen molar-refractivity contribution in [3.63, 3.8) is 0 Å². The van der Waals surface area contributed by atoms with Crippen molar-refractivity contribution in [2.45, 2.75) is 13.0 Å². The Morgan fingerprint density at radius 2 is 1.90 bits per heavy atom. The number of aromatic amines is 1. The topological polar surface area (TPSA) is 57.8 Å². The number of nitrogens with zero attached hydrogens (tertiary/aromatic N) is 1. The lowest BCUT2D eigenvalue weighted by Gasteiger charge is -2.03. The van der Waals surface area contributed by atoms with Crippen LogP contribution in [0.2, 0.25) is 0 Å². The summed E-state index contributed by atoms with van der Waals surface area (Å²) in [5, 5.41) is 2.88. The van der Waals surface area contributed by atoms with Crippen LogP contribution in [0.15, 0.2) is 53.0 Å². The highest BCUT2D eigenvalue weighted by Gasteiger charge is 2.06. The van der Waals surface area contributed by atoms with Gasteiger partial charge in [-0.2, -0.15) is 0 Å². The second kappa shape index (κ2) is 6.10. The SMILES string of the molecule is O=C(Cc1ccc(Br)cc1)NCc1nc2ccccc2[nH]1. The number of para-hydroxylation sites is 2. The highest BCUT2D eigenvalue weighted by molar-refractivity contribution is 9.10. The Hall–Kier alpha value is -2.14. The van der Waals surface area contributed by atoms with Gasteiger partial charge in [0.15, 0.2) is 0 Å². The number of hydrogen-bond donors (Lipinski definition) is 2. The molecule has 3 aromatic rings. The fraction of sp³-hybridized carbons (Fsp3) is 0.125. The molecule has 0 saturated carbocycles. The number of aromatic nitrogens is 2. The lowest BCUT2D eigenvalue weighted by molar-refractivity contribution is -0.120. The third kappa shape index (κ3) is 3.49. The number of fused-ring (bicyclic) bond motifs is 1. The molecule has 3 rings (SSSR count). The van der Waals surface area contributed by atoms with E-state index in [0.29, 0.717) is 13.0 Å². The average Bonchev–Trinajstić information content (AvgIpc) is 2.90. The summed E-state index contributed by atoms with van der Waals surface area (Å²) in [6.45, 7) is 0.407. The first-order valence-electron chi connectivity index (χ1n) is 6.65. The van der Waals surface area contributed by atoms with E-state index < -0.39 is 0 Å². The van der Waals surface area contributed by atoms with Gasteiger partial charge >= 0.3 is 0 Å². The second-order valence-electron chi connectivity index (χ2n) is 4.78. The number of H-pyrrole nitrogens is 1. The van der Waals surface area contributed by atoms with Crippen LogP contribution < -0.4 is 5.32 Å². The molecule has 0 aliphatic heterocycles. The van der Waals surface area contributed by atoms with Crippen molar-refractivity contribution in [3.05, 3.63) is 64.4 Å². The molecule has 0 aliphatic carbocycles. The first-order chi connectivity index (χ1) is 10.2. The number of benzene rings is 2. The smallest absolute Gasteiger partial charge is 0.224 e. The van der Waals surface area contributed by atoms with Crippen LogP contribution in [-0.4, -0.2) is 15.9 Å². The second-order valence-corrected chi connectivity index (χ2v) is 5.70. The van der Waals surface area contributed by atoms with Crippen LogP contribution in [0, 0.1) is 0 Å². The Morgan fingerprint density at radius 3 is 2.67 bits per heavy atom. The maximum atomic E-state index is 11.9. The van der Waals surface area contributed by atoms with Gasteiger partial charge in [-0.15, -0.1) is 0 Å². The molecule has 4 nitrogen and oxygen atoms in total. The largest absolute Gasteiger partial charge is 0.349 e. The van der Waals surface area contributed by atoms with Gasteiger partial charge in [0.2, 0.25) is 5.91 Å². The lowest BCUT2D eigenvalue weighted by atomic mass is 10.1. The van der Waals surface area contributed by atoms with E-state index in [4.69, 9.17) is 0 Å². The molecule has 21 heavy (non-hydrogen) atoms. The quantitative estimate of drug-likeness (QED) is 0.764. The van der Waals surface area contributed by atoms with Crippen molar-refractivity contribution < 1.29 is 4.79 Å². The van der Waals surface area contributed by atoms with Crippen LogP contribution in [0.1, 0.15) is 11.4 Å². The highest BCUT2D eigenvalue weighted by atomic mass is 79.9. The number of hydrogen-bond acceptors (Lipinski definition) is 2. The average molecular weight is 344 g/mol. The Balaban J connectivity index is 1.59. The van der Waals surface area contributed by atoms with Gasteiger partial charge in [0.25, 0.3) is 0 Å². The minimum absolute atomic E-state index is 0.0159. The van der Waals surface area contributed by atoms with Gasteiger partial charge in [0.1, 0.15) is 5.82 Å². The normalized spacial score (nSPS) is 10.7. The summed E-state index contributed by atoms with van der Waals surface area (Å²) in [6, 6.07) is 15.5.